The van der Waals surface area contributed by atoms with Crippen LogP contribution < -0.4 is 4.73 Å². The fourth-order valence-electron chi connectivity index (χ4n) is 2.37. The molecule has 0 radical (unpaired) electrons. The molecule has 3 rings (SSSR count). The van der Waals surface area contributed by atoms with Gasteiger partial charge in [-0.1, -0.05) is 36.4 Å². The van der Waals surface area contributed by atoms with Crippen molar-refractivity contribution in [2.75, 3.05) is 0 Å². The third-order valence-corrected chi connectivity index (χ3v) is 3.24. The summed E-state index contributed by atoms with van der Waals surface area (Å²) in [5.74, 6) is 0. The predicted molar refractivity (Wildman–Crippen MR) is 73.1 cm³/mol. The molecule has 1 heterocycles. The standard InChI is InChI=1S/C16H13NO/c1-12-15-10-6-5-9-14(15)11-17(18)16(12)13-7-3-2-4-8-13/h2-11H,1H3. The van der Waals surface area contributed by atoms with E-state index in [1.54, 1.807) is 6.20 Å². The molecule has 2 aromatic carbocycles. The first-order chi connectivity index (χ1) is 8.77. The third kappa shape index (κ3) is 1.63. The van der Waals surface area contributed by atoms with Crippen LogP contribution in [0.15, 0.2) is 60.8 Å². The summed E-state index contributed by atoms with van der Waals surface area (Å²) in [4.78, 5) is 0. The van der Waals surface area contributed by atoms with E-state index in [9.17, 15) is 5.21 Å². The number of fused-ring (bicyclic) bond motifs is 1. The lowest BCUT2D eigenvalue weighted by molar-refractivity contribution is -0.592. The van der Waals surface area contributed by atoms with E-state index in [0.717, 1.165) is 32.3 Å². The molecule has 0 aliphatic heterocycles. The Balaban J connectivity index is 2.37. The lowest BCUT2D eigenvalue weighted by Crippen LogP contribution is -2.29. The average Bonchev–Trinajstić information content (AvgIpc) is 2.40. The molecule has 0 spiro atoms. The van der Waals surface area contributed by atoms with E-state index in [-0.39, 0.29) is 0 Å². The molecular formula is C16H13NO. The Kier molecular flexibility index (Phi) is 2.49. The lowest BCUT2D eigenvalue weighted by Gasteiger charge is -2.10. The second-order valence-electron chi connectivity index (χ2n) is 4.38. The Morgan fingerprint density at radius 1 is 0.889 bits per heavy atom. The van der Waals surface area contributed by atoms with Crippen molar-refractivity contribution < 1.29 is 4.73 Å². The van der Waals surface area contributed by atoms with Gasteiger partial charge >= 0.3 is 0 Å². The molecule has 0 unspecified atom stereocenters. The predicted octanol–water partition coefficient (Wildman–Crippen LogP) is 3.45. The second-order valence-corrected chi connectivity index (χ2v) is 4.38. The van der Waals surface area contributed by atoms with Crippen LogP contribution >= 0.6 is 0 Å². The number of nitrogens with zero attached hydrogens (tertiary/aromatic N) is 1. The summed E-state index contributed by atoms with van der Waals surface area (Å²) in [7, 11) is 0. The van der Waals surface area contributed by atoms with E-state index >= 15 is 0 Å². The number of pyridine rings is 1. The molecular weight excluding hydrogens is 222 g/mol. The van der Waals surface area contributed by atoms with E-state index in [4.69, 9.17) is 0 Å². The van der Waals surface area contributed by atoms with Gasteiger partial charge in [-0.25, -0.2) is 0 Å². The molecule has 88 valence electrons. The highest BCUT2D eigenvalue weighted by Crippen LogP contribution is 2.25. The molecule has 18 heavy (non-hydrogen) atoms. The maximum absolute atomic E-state index is 12.2. The molecule has 0 saturated heterocycles. The van der Waals surface area contributed by atoms with Crippen molar-refractivity contribution in [1.82, 2.24) is 0 Å². The molecule has 0 aliphatic rings. The van der Waals surface area contributed by atoms with Gasteiger partial charge in [-0.2, -0.15) is 4.73 Å². The molecule has 0 N–H and O–H groups in total. The highest BCUT2D eigenvalue weighted by molar-refractivity contribution is 5.87. The largest absolute Gasteiger partial charge is 0.618 e. The van der Waals surface area contributed by atoms with Gasteiger partial charge in [0.25, 0.3) is 0 Å². The Morgan fingerprint density at radius 3 is 2.33 bits per heavy atom. The third-order valence-electron chi connectivity index (χ3n) is 3.24. The number of aryl methyl sites for hydroxylation is 1. The van der Waals surface area contributed by atoms with Crippen molar-refractivity contribution in [2.45, 2.75) is 6.92 Å². The monoisotopic (exact) mass is 235 g/mol. The van der Waals surface area contributed by atoms with Crippen LogP contribution in [-0.4, -0.2) is 0 Å². The van der Waals surface area contributed by atoms with Crippen LogP contribution in [-0.2, 0) is 0 Å². The molecule has 3 aromatic rings. The number of rotatable bonds is 1. The van der Waals surface area contributed by atoms with Crippen LogP contribution in [0.4, 0.5) is 0 Å². The van der Waals surface area contributed by atoms with E-state index in [1.165, 1.54) is 0 Å². The van der Waals surface area contributed by atoms with Gasteiger partial charge < -0.3 is 5.21 Å². The molecule has 2 nitrogen and oxygen atoms in total. The number of hydrogen-bond donors (Lipinski definition) is 0. The molecule has 0 fully saturated rings. The van der Waals surface area contributed by atoms with Crippen molar-refractivity contribution in [3.8, 4) is 11.3 Å². The average molecular weight is 235 g/mol. The van der Waals surface area contributed by atoms with Crippen LogP contribution in [0.1, 0.15) is 5.56 Å². The van der Waals surface area contributed by atoms with Gasteiger partial charge in [-0.05, 0) is 30.5 Å². The van der Waals surface area contributed by atoms with Gasteiger partial charge in [0, 0.05) is 16.5 Å². The van der Waals surface area contributed by atoms with E-state index < -0.39 is 0 Å². The van der Waals surface area contributed by atoms with Gasteiger partial charge in [-0.15, -0.1) is 0 Å². The molecule has 1 aromatic heterocycles. The minimum atomic E-state index is 0.731. The lowest BCUT2D eigenvalue weighted by atomic mass is 10.0. The van der Waals surface area contributed by atoms with Crippen LogP contribution in [0.25, 0.3) is 22.0 Å². The maximum atomic E-state index is 12.2. The van der Waals surface area contributed by atoms with Crippen molar-refractivity contribution in [1.29, 1.82) is 0 Å². The summed E-state index contributed by atoms with van der Waals surface area (Å²) in [6.07, 6.45) is 1.64. The minimum Gasteiger partial charge on any atom is -0.618 e. The first-order valence-electron chi connectivity index (χ1n) is 5.94. The van der Waals surface area contributed by atoms with Crippen LogP contribution in [0.5, 0.6) is 0 Å². The Bertz CT molecular complexity index is 705. The van der Waals surface area contributed by atoms with Crippen LogP contribution in [0.2, 0.25) is 0 Å². The van der Waals surface area contributed by atoms with Gasteiger partial charge in [-0.3, -0.25) is 0 Å². The summed E-state index contributed by atoms with van der Waals surface area (Å²) >= 11 is 0. The fourth-order valence-corrected chi connectivity index (χ4v) is 2.37. The van der Waals surface area contributed by atoms with Gasteiger partial charge in [0.2, 0.25) is 5.69 Å². The van der Waals surface area contributed by atoms with Crippen molar-refractivity contribution in [2.24, 2.45) is 0 Å². The Labute approximate surface area is 106 Å². The zero-order valence-electron chi connectivity index (χ0n) is 10.1. The number of benzene rings is 2. The molecule has 0 atom stereocenters. The van der Waals surface area contributed by atoms with Gasteiger partial charge in [0.05, 0.1) is 0 Å². The van der Waals surface area contributed by atoms with Crippen molar-refractivity contribution in [3.05, 3.63) is 71.6 Å². The molecule has 0 aliphatic carbocycles. The quantitative estimate of drug-likeness (QED) is 0.469. The Hall–Kier alpha value is -2.35. The van der Waals surface area contributed by atoms with E-state index in [2.05, 4.69) is 6.07 Å². The molecule has 0 bridgehead atoms. The summed E-state index contributed by atoms with van der Waals surface area (Å²) in [5, 5.41) is 14.3. The van der Waals surface area contributed by atoms with Crippen LogP contribution in [0.3, 0.4) is 0 Å². The topological polar surface area (TPSA) is 26.9 Å². The zero-order chi connectivity index (χ0) is 12.5. The van der Waals surface area contributed by atoms with Crippen molar-refractivity contribution >= 4 is 10.8 Å². The normalized spacial score (nSPS) is 10.7. The van der Waals surface area contributed by atoms with Crippen LogP contribution in [0, 0.1) is 12.1 Å². The number of hydrogen-bond acceptors (Lipinski definition) is 1. The smallest absolute Gasteiger partial charge is 0.227 e. The zero-order valence-corrected chi connectivity index (χ0v) is 10.1. The first-order valence-corrected chi connectivity index (χ1v) is 5.94. The molecule has 0 amide bonds. The summed E-state index contributed by atoms with van der Waals surface area (Å²) < 4.78 is 0.965. The summed E-state index contributed by atoms with van der Waals surface area (Å²) in [6.45, 7) is 2.00. The van der Waals surface area contributed by atoms with E-state index in [0.29, 0.717) is 0 Å². The first kappa shape index (κ1) is 10.8. The highest BCUT2D eigenvalue weighted by Gasteiger charge is 2.15. The molecule has 2 heteroatoms. The van der Waals surface area contributed by atoms with Crippen molar-refractivity contribution in [3.63, 3.8) is 0 Å². The highest BCUT2D eigenvalue weighted by atomic mass is 16.5. The fraction of sp³-hybridized carbons (Fsp3) is 0.0625. The summed E-state index contributed by atoms with van der Waals surface area (Å²) in [5.41, 5.74) is 2.71. The minimum absolute atomic E-state index is 0.731. The number of aromatic nitrogens is 1. The summed E-state index contributed by atoms with van der Waals surface area (Å²) in [6, 6.07) is 17.7. The van der Waals surface area contributed by atoms with Gasteiger partial charge in [0.1, 0.15) is 0 Å². The van der Waals surface area contributed by atoms with Gasteiger partial charge in [0.15, 0.2) is 6.20 Å². The maximum Gasteiger partial charge on any atom is 0.227 e. The Morgan fingerprint density at radius 2 is 1.56 bits per heavy atom. The SMILES string of the molecule is Cc1c(-c2ccccc2)[n+]([O-])cc2ccccc12. The second kappa shape index (κ2) is 4.15. The molecule has 0 saturated carbocycles. The van der Waals surface area contributed by atoms with E-state index in [1.807, 2.05) is 55.5 Å².